The van der Waals surface area contributed by atoms with Crippen molar-refractivity contribution in [3.05, 3.63) is 29.8 Å². The Bertz CT molecular complexity index is 416. The Hall–Kier alpha value is -1.55. The van der Waals surface area contributed by atoms with Crippen LogP contribution in [0.25, 0.3) is 0 Å². The smallest absolute Gasteiger partial charge is 0.321 e. The van der Waals surface area contributed by atoms with Crippen molar-refractivity contribution in [1.82, 2.24) is 4.90 Å². The van der Waals surface area contributed by atoms with Gasteiger partial charge in [0.2, 0.25) is 0 Å². The van der Waals surface area contributed by atoms with Gasteiger partial charge in [-0.2, -0.15) is 0 Å². The monoisotopic (exact) mass is 249 g/mol. The Morgan fingerprint density at radius 3 is 2.67 bits per heavy atom. The first-order chi connectivity index (χ1) is 8.58. The second kappa shape index (κ2) is 5.40. The Kier molecular flexibility index (Phi) is 3.87. The highest BCUT2D eigenvalue weighted by Crippen LogP contribution is 2.25. The van der Waals surface area contributed by atoms with Crippen LogP contribution in [0, 0.1) is 5.92 Å². The summed E-state index contributed by atoms with van der Waals surface area (Å²) in [4.78, 5) is 13.4. The van der Waals surface area contributed by atoms with E-state index in [2.05, 4.69) is 0 Å². The largest absolute Gasteiger partial charge is 0.508 e. The third kappa shape index (κ3) is 2.82. The molecule has 1 saturated heterocycles. The minimum Gasteiger partial charge on any atom is -0.508 e. The van der Waals surface area contributed by atoms with Crippen molar-refractivity contribution in [2.24, 2.45) is 5.92 Å². The number of phenolic OH excluding ortho intramolecular Hbond substituents is 1. The first-order valence-electron chi connectivity index (χ1n) is 6.32. The van der Waals surface area contributed by atoms with E-state index in [4.69, 9.17) is 0 Å². The summed E-state index contributed by atoms with van der Waals surface area (Å²) in [5.74, 6) is -0.310. The second-order valence-electron chi connectivity index (χ2n) is 5.04. The van der Waals surface area contributed by atoms with Gasteiger partial charge in [0.05, 0.1) is 0 Å². The number of hydrogen-bond acceptors (Lipinski definition) is 3. The minimum absolute atomic E-state index is 0.188. The number of hydrogen-bond donors (Lipinski definition) is 2. The number of carboxylic acids is 1. The molecule has 2 atom stereocenters. The van der Waals surface area contributed by atoms with E-state index in [0.717, 1.165) is 24.9 Å². The summed E-state index contributed by atoms with van der Waals surface area (Å²) in [6.45, 7) is 3.45. The first kappa shape index (κ1) is 12.9. The molecule has 0 saturated carbocycles. The maximum Gasteiger partial charge on any atom is 0.321 e. The fourth-order valence-electron chi connectivity index (χ4n) is 2.69. The number of rotatable bonds is 3. The summed E-state index contributed by atoms with van der Waals surface area (Å²) in [7, 11) is 0. The molecule has 4 heteroatoms. The van der Waals surface area contributed by atoms with E-state index in [1.165, 1.54) is 0 Å². The highest BCUT2D eigenvalue weighted by Gasteiger charge is 2.33. The van der Waals surface area contributed by atoms with Crippen LogP contribution in [0.5, 0.6) is 5.75 Å². The maximum atomic E-state index is 11.3. The van der Waals surface area contributed by atoms with Gasteiger partial charge in [0, 0.05) is 6.54 Å². The van der Waals surface area contributed by atoms with Gasteiger partial charge in [-0.15, -0.1) is 0 Å². The van der Waals surface area contributed by atoms with Crippen molar-refractivity contribution in [2.75, 3.05) is 6.54 Å². The number of nitrogens with zero attached hydrogens (tertiary/aromatic N) is 1. The van der Waals surface area contributed by atoms with Gasteiger partial charge in [0.25, 0.3) is 0 Å². The van der Waals surface area contributed by atoms with E-state index in [-0.39, 0.29) is 11.7 Å². The first-order valence-corrected chi connectivity index (χ1v) is 6.32. The number of carboxylic acid groups (broad SMARTS) is 1. The predicted octanol–water partition coefficient (Wildman–Crippen LogP) is 2.08. The van der Waals surface area contributed by atoms with Crippen LogP contribution >= 0.6 is 0 Å². The lowest BCUT2D eigenvalue weighted by Gasteiger charge is -2.37. The Labute approximate surface area is 107 Å². The molecule has 1 aliphatic rings. The van der Waals surface area contributed by atoms with Crippen LogP contribution in [0.15, 0.2) is 24.3 Å². The molecule has 18 heavy (non-hydrogen) atoms. The fraction of sp³-hybridized carbons (Fsp3) is 0.500. The van der Waals surface area contributed by atoms with E-state index in [0.29, 0.717) is 6.54 Å². The lowest BCUT2D eigenvalue weighted by molar-refractivity contribution is -0.147. The van der Waals surface area contributed by atoms with Crippen molar-refractivity contribution in [3.8, 4) is 5.75 Å². The predicted molar refractivity (Wildman–Crippen MR) is 68.3 cm³/mol. The molecule has 0 aromatic heterocycles. The Morgan fingerprint density at radius 2 is 2.06 bits per heavy atom. The third-order valence-electron chi connectivity index (χ3n) is 3.61. The van der Waals surface area contributed by atoms with Crippen molar-refractivity contribution in [1.29, 1.82) is 0 Å². The topological polar surface area (TPSA) is 60.8 Å². The van der Waals surface area contributed by atoms with Crippen LogP contribution < -0.4 is 0 Å². The highest BCUT2D eigenvalue weighted by molar-refractivity contribution is 5.74. The molecule has 1 aromatic carbocycles. The van der Waals surface area contributed by atoms with Gasteiger partial charge in [-0.25, -0.2) is 0 Å². The van der Waals surface area contributed by atoms with Gasteiger partial charge in [-0.3, -0.25) is 9.69 Å². The fourth-order valence-corrected chi connectivity index (χ4v) is 2.69. The SMILES string of the molecule is CC1CCCN(Cc2ccc(O)cc2)C1C(=O)O. The molecular weight excluding hydrogens is 230 g/mol. The standard InChI is InChI=1S/C14H19NO3/c1-10-3-2-8-15(13(10)14(17)18)9-11-4-6-12(16)7-5-11/h4-7,10,13,16H,2-3,8-9H2,1H3,(H,17,18). The number of benzene rings is 1. The molecular formula is C14H19NO3. The average molecular weight is 249 g/mol. The van der Waals surface area contributed by atoms with E-state index < -0.39 is 12.0 Å². The molecule has 0 aliphatic carbocycles. The summed E-state index contributed by atoms with van der Waals surface area (Å²) in [6, 6.07) is 6.56. The van der Waals surface area contributed by atoms with Gasteiger partial charge in [-0.05, 0) is 43.0 Å². The zero-order chi connectivity index (χ0) is 13.1. The second-order valence-corrected chi connectivity index (χ2v) is 5.04. The molecule has 98 valence electrons. The number of aliphatic carboxylic acids is 1. The van der Waals surface area contributed by atoms with Crippen molar-refractivity contribution >= 4 is 5.97 Å². The molecule has 0 bridgehead atoms. The van der Waals surface area contributed by atoms with Crippen molar-refractivity contribution < 1.29 is 15.0 Å². The summed E-state index contributed by atoms with van der Waals surface area (Å²) in [5, 5.41) is 18.6. The maximum absolute atomic E-state index is 11.3. The molecule has 1 heterocycles. The van der Waals surface area contributed by atoms with Crippen LogP contribution in [-0.4, -0.2) is 33.7 Å². The normalized spacial score (nSPS) is 24.9. The molecule has 2 rings (SSSR count). The molecule has 1 fully saturated rings. The van der Waals surface area contributed by atoms with Crippen molar-refractivity contribution in [3.63, 3.8) is 0 Å². The number of carbonyl (C=O) groups is 1. The molecule has 2 N–H and O–H groups in total. The van der Waals surface area contributed by atoms with Crippen LogP contribution in [0.2, 0.25) is 0 Å². The molecule has 1 aliphatic heterocycles. The number of phenols is 1. The van der Waals surface area contributed by atoms with Gasteiger partial charge in [0.15, 0.2) is 0 Å². The zero-order valence-corrected chi connectivity index (χ0v) is 10.5. The third-order valence-corrected chi connectivity index (χ3v) is 3.61. The van der Waals surface area contributed by atoms with Crippen LogP contribution in [0.4, 0.5) is 0 Å². The van der Waals surface area contributed by atoms with E-state index in [9.17, 15) is 15.0 Å². The summed E-state index contributed by atoms with van der Waals surface area (Å²) in [6.07, 6.45) is 2.02. The zero-order valence-electron chi connectivity index (χ0n) is 10.5. The molecule has 4 nitrogen and oxygen atoms in total. The lowest BCUT2D eigenvalue weighted by Crippen LogP contribution is -2.48. The lowest BCUT2D eigenvalue weighted by atomic mass is 9.90. The van der Waals surface area contributed by atoms with Gasteiger partial charge in [-0.1, -0.05) is 19.1 Å². The average Bonchev–Trinajstić information content (AvgIpc) is 2.32. The van der Waals surface area contributed by atoms with Gasteiger partial charge < -0.3 is 10.2 Å². The minimum atomic E-state index is -0.735. The molecule has 0 amide bonds. The van der Waals surface area contributed by atoms with Gasteiger partial charge >= 0.3 is 5.97 Å². The van der Waals surface area contributed by atoms with Crippen LogP contribution in [-0.2, 0) is 11.3 Å². The van der Waals surface area contributed by atoms with E-state index in [1.807, 2.05) is 24.0 Å². The number of aromatic hydroxyl groups is 1. The molecule has 1 aromatic rings. The van der Waals surface area contributed by atoms with Crippen LogP contribution in [0.1, 0.15) is 25.3 Å². The summed E-state index contributed by atoms with van der Waals surface area (Å²) >= 11 is 0. The Balaban J connectivity index is 2.10. The van der Waals surface area contributed by atoms with E-state index >= 15 is 0 Å². The van der Waals surface area contributed by atoms with E-state index in [1.54, 1.807) is 12.1 Å². The Morgan fingerprint density at radius 1 is 1.39 bits per heavy atom. The summed E-state index contributed by atoms with van der Waals surface area (Å²) < 4.78 is 0. The molecule has 0 spiro atoms. The van der Waals surface area contributed by atoms with Crippen molar-refractivity contribution in [2.45, 2.75) is 32.4 Å². The molecule has 2 unspecified atom stereocenters. The molecule has 0 radical (unpaired) electrons. The van der Waals surface area contributed by atoms with Gasteiger partial charge in [0.1, 0.15) is 11.8 Å². The number of piperidine rings is 1. The quantitative estimate of drug-likeness (QED) is 0.861. The van der Waals surface area contributed by atoms with Crippen LogP contribution in [0.3, 0.4) is 0 Å². The number of likely N-dealkylation sites (tertiary alicyclic amines) is 1. The highest BCUT2D eigenvalue weighted by atomic mass is 16.4. The summed E-state index contributed by atoms with van der Waals surface area (Å²) in [5.41, 5.74) is 1.04.